The van der Waals surface area contributed by atoms with E-state index in [1.54, 1.807) is 0 Å². The van der Waals surface area contributed by atoms with E-state index in [4.69, 9.17) is 5.73 Å². The molecule has 0 amide bonds. The quantitative estimate of drug-likeness (QED) is 0.885. The van der Waals surface area contributed by atoms with E-state index in [2.05, 4.69) is 42.0 Å². The van der Waals surface area contributed by atoms with Crippen molar-refractivity contribution in [3.63, 3.8) is 0 Å². The summed E-state index contributed by atoms with van der Waals surface area (Å²) >= 11 is 0. The normalized spacial score (nSPS) is 17.2. The minimum atomic E-state index is 0.107. The van der Waals surface area contributed by atoms with Crippen LogP contribution in [0, 0.1) is 13.8 Å². The second-order valence-corrected chi connectivity index (χ2v) is 5.80. The SMILES string of the molecule is Cc1ccc(C)c(-c2cnc(C3(CN)CCC3)[nH]2)c1. The van der Waals surface area contributed by atoms with E-state index in [9.17, 15) is 0 Å². The third-order valence-corrected chi connectivity index (χ3v) is 4.46. The van der Waals surface area contributed by atoms with Crippen LogP contribution in [0.25, 0.3) is 11.3 Å². The molecule has 0 aliphatic heterocycles. The molecule has 2 aromatic rings. The number of H-pyrrole nitrogens is 1. The Morgan fingerprint density at radius 3 is 2.74 bits per heavy atom. The van der Waals surface area contributed by atoms with Crippen LogP contribution in [0.1, 0.15) is 36.2 Å². The molecule has 0 saturated heterocycles. The predicted molar refractivity (Wildman–Crippen MR) is 78.1 cm³/mol. The van der Waals surface area contributed by atoms with Gasteiger partial charge in [-0.25, -0.2) is 4.98 Å². The van der Waals surface area contributed by atoms with E-state index < -0.39 is 0 Å². The van der Waals surface area contributed by atoms with Crippen molar-refractivity contribution in [2.24, 2.45) is 5.73 Å². The van der Waals surface area contributed by atoms with Crippen LogP contribution in [-0.2, 0) is 5.41 Å². The smallest absolute Gasteiger partial charge is 0.114 e. The van der Waals surface area contributed by atoms with Gasteiger partial charge in [0.05, 0.1) is 11.9 Å². The number of aryl methyl sites for hydroxylation is 2. The molecule has 1 aliphatic carbocycles. The molecule has 3 rings (SSSR count). The second-order valence-electron chi connectivity index (χ2n) is 5.80. The molecule has 1 fully saturated rings. The summed E-state index contributed by atoms with van der Waals surface area (Å²) in [5.41, 5.74) is 10.9. The zero-order valence-corrected chi connectivity index (χ0v) is 11.7. The molecule has 1 aromatic carbocycles. The highest BCUT2D eigenvalue weighted by atomic mass is 15.0. The Morgan fingerprint density at radius 1 is 1.32 bits per heavy atom. The summed E-state index contributed by atoms with van der Waals surface area (Å²) in [6, 6.07) is 6.51. The maximum atomic E-state index is 5.94. The molecule has 3 N–H and O–H groups in total. The summed E-state index contributed by atoms with van der Waals surface area (Å²) in [4.78, 5) is 8.09. The number of aromatic amines is 1. The highest BCUT2D eigenvalue weighted by Gasteiger charge is 2.39. The van der Waals surface area contributed by atoms with Gasteiger partial charge in [-0.1, -0.05) is 24.1 Å². The maximum absolute atomic E-state index is 5.94. The summed E-state index contributed by atoms with van der Waals surface area (Å²) in [5, 5.41) is 0. The lowest BCUT2D eigenvalue weighted by atomic mass is 9.68. The van der Waals surface area contributed by atoms with Crippen LogP contribution in [0.3, 0.4) is 0 Å². The summed E-state index contributed by atoms with van der Waals surface area (Å²) in [6.07, 6.45) is 5.52. The van der Waals surface area contributed by atoms with Crippen LogP contribution in [0.5, 0.6) is 0 Å². The van der Waals surface area contributed by atoms with E-state index >= 15 is 0 Å². The maximum Gasteiger partial charge on any atom is 0.114 e. The minimum absolute atomic E-state index is 0.107. The number of imidazole rings is 1. The Morgan fingerprint density at radius 2 is 2.11 bits per heavy atom. The predicted octanol–water partition coefficient (Wildman–Crippen LogP) is 3.07. The van der Waals surface area contributed by atoms with E-state index in [1.165, 1.54) is 23.1 Å². The first-order valence-corrected chi connectivity index (χ1v) is 6.98. The van der Waals surface area contributed by atoms with Crippen molar-refractivity contribution in [1.29, 1.82) is 0 Å². The molecule has 1 aliphatic rings. The topological polar surface area (TPSA) is 54.7 Å². The average molecular weight is 255 g/mol. The van der Waals surface area contributed by atoms with Gasteiger partial charge in [-0.2, -0.15) is 0 Å². The van der Waals surface area contributed by atoms with E-state index in [0.717, 1.165) is 24.4 Å². The Balaban J connectivity index is 1.99. The third-order valence-electron chi connectivity index (χ3n) is 4.46. The fourth-order valence-corrected chi connectivity index (χ4v) is 2.89. The molecule has 3 heteroatoms. The van der Waals surface area contributed by atoms with Crippen molar-refractivity contribution in [3.8, 4) is 11.3 Å². The summed E-state index contributed by atoms with van der Waals surface area (Å²) in [7, 11) is 0. The van der Waals surface area contributed by atoms with Crippen LogP contribution < -0.4 is 5.73 Å². The van der Waals surface area contributed by atoms with Gasteiger partial charge in [-0.15, -0.1) is 0 Å². The lowest BCUT2D eigenvalue weighted by Crippen LogP contribution is -2.42. The van der Waals surface area contributed by atoms with Gasteiger partial charge in [0, 0.05) is 17.5 Å². The first kappa shape index (κ1) is 12.4. The van der Waals surface area contributed by atoms with Crippen LogP contribution in [0.15, 0.2) is 24.4 Å². The van der Waals surface area contributed by atoms with Crippen LogP contribution in [-0.4, -0.2) is 16.5 Å². The lowest BCUT2D eigenvalue weighted by Gasteiger charge is -2.39. The fraction of sp³-hybridized carbons (Fsp3) is 0.438. The average Bonchev–Trinajstić information content (AvgIpc) is 2.81. The lowest BCUT2D eigenvalue weighted by molar-refractivity contribution is 0.240. The summed E-state index contributed by atoms with van der Waals surface area (Å²) < 4.78 is 0. The molecule has 0 radical (unpaired) electrons. The number of hydrogen-bond acceptors (Lipinski definition) is 2. The van der Waals surface area contributed by atoms with E-state index in [-0.39, 0.29) is 5.41 Å². The van der Waals surface area contributed by atoms with Crippen molar-refractivity contribution in [2.45, 2.75) is 38.5 Å². The first-order chi connectivity index (χ1) is 9.14. The summed E-state index contributed by atoms with van der Waals surface area (Å²) in [6.45, 7) is 4.94. The van der Waals surface area contributed by atoms with Crippen molar-refractivity contribution < 1.29 is 0 Å². The van der Waals surface area contributed by atoms with Gasteiger partial charge in [0.15, 0.2) is 0 Å². The standard InChI is InChI=1S/C16H21N3/c1-11-4-5-12(2)13(8-11)14-9-18-15(19-14)16(10-17)6-3-7-16/h4-5,8-9H,3,6-7,10,17H2,1-2H3,(H,18,19). The molecule has 19 heavy (non-hydrogen) atoms. The van der Waals surface area contributed by atoms with Crippen LogP contribution in [0.2, 0.25) is 0 Å². The number of rotatable bonds is 3. The summed E-state index contributed by atoms with van der Waals surface area (Å²) in [5.74, 6) is 1.07. The number of aromatic nitrogens is 2. The number of benzene rings is 1. The number of nitrogens with one attached hydrogen (secondary N) is 1. The molecule has 100 valence electrons. The molecule has 0 bridgehead atoms. The second kappa shape index (κ2) is 4.49. The molecular weight excluding hydrogens is 234 g/mol. The zero-order valence-electron chi connectivity index (χ0n) is 11.7. The number of nitrogens with two attached hydrogens (primary N) is 1. The van der Waals surface area contributed by atoms with Gasteiger partial charge >= 0.3 is 0 Å². The molecule has 1 heterocycles. The van der Waals surface area contributed by atoms with Crippen molar-refractivity contribution in [3.05, 3.63) is 41.3 Å². The highest BCUT2D eigenvalue weighted by molar-refractivity contribution is 5.64. The van der Waals surface area contributed by atoms with Crippen molar-refractivity contribution in [2.75, 3.05) is 6.54 Å². The third kappa shape index (κ3) is 1.98. The number of hydrogen-bond donors (Lipinski definition) is 2. The Labute approximate surface area is 114 Å². The van der Waals surface area contributed by atoms with Gasteiger partial charge in [-0.3, -0.25) is 0 Å². The van der Waals surface area contributed by atoms with Gasteiger partial charge < -0.3 is 10.7 Å². The van der Waals surface area contributed by atoms with E-state index in [1.807, 2.05) is 6.20 Å². The van der Waals surface area contributed by atoms with E-state index in [0.29, 0.717) is 6.54 Å². The largest absolute Gasteiger partial charge is 0.341 e. The van der Waals surface area contributed by atoms with Crippen molar-refractivity contribution >= 4 is 0 Å². The van der Waals surface area contributed by atoms with Gasteiger partial charge in [0.2, 0.25) is 0 Å². The molecule has 3 nitrogen and oxygen atoms in total. The zero-order chi connectivity index (χ0) is 13.5. The van der Waals surface area contributed by atoms with Gasteiger partial charge in [0.25, 0.3) is 0 Å². The molecule has 0 unspecified atom stereocenters. The Hall–Kier alpha value is -1.61. The van der Waals surface area contributed by atoms with Crippen molar-refractivity contribution in [1.82, 2.24) is 9.97 Å². The highest BCUT2D eigenvalue weighted by Crippen LogP contribution is 2.41. The Bertz CT molecular complexity index is 588. The minimum Gasteiger partial charge on any atom is -0.341 e. The molecule has 1 saturated carbocycles. The van der Waals surface area contributed by atoms with Gasteiger partial charge in [0.1, 0.15) is 5.82 Å². The molecule has 0 spiro atoms. The van der Waals surface area contributed by atoms with Crippen LogP contribution >= 0.6 is 0 Å². The number of nitrogens with zero attached hydrogens (tertiary/aromatic N) is 1. The molecule has 0 atom stereocenters. The monoisotopic (exact) mass is 255 g/mol. The Kier molecular flexibility index (Phi) is 2.94. The first-order valence-electron chi connectivity index (χ1n) is 6.98. The molecule has 1 aromatic heterocycles. The fourth-order valence-electron chi connectivity index (χ4n) is 2.89. The van der Waals surface area contributed by atoms with Crippen LogP contribution in [0.4, 0.5) is 0 Å². The molecular formula is C16H21N3. The van der Waals surface area contributed by atoms with Gasteiger partial charge in [-0.05, 0) is 38.3 Å².